The van der Waals surface area contributed by atoms with Gasteiger partial charge in [-0.15, -0.1) is 0 Å². The van der Waals surface area contributed by atoms with Gasteiger partial charge in [-0.05, 0) is 26.0 Å². The van der Waals surface area contributed by atoms with Gasteiger partial charge in [0.2, 0.25) is 0 Å². The standard InChI is InChI=1S/C12H14ClN3O3S/c1-3-16-7-11(14-8(16)2)20(18,19)15-10-6-4-5-9(13)12(10)17/h4-7,15,17H,3H2,1-2H3. The van der Waals surface area contributed by atoms with Gasteiger partial charge in [-0.2, -0.15) is 8.42 Å². The molecule has 1 aromatic carbocycles. The Bertz CT molecular complexity index is 740. The minimum atomic E-state index is -3.86. The molecule has 1 heterocycles. The van der Waals surface area contributed by atoms with Crippen molar-refractivity contribution in [1.82, 2.24) is 9.55 Å². The molecule has 2 aromatic rings. The zero-order valence-electron chi connectivity index (χ0n) is 11.0. The van der Waals surface area contributed by atoms with Crippen LogP contribution in [0.1, 0.15) is 12.7 Å². The first-order valence-corrected chi connectivity index (χ1v) is 7.75. The summed E-state index contributed by atoms with van der Waals surface area (Å²) in [7, 11) is -3.86. The number of anilines is 1. The average molecular weight is 316 g/mol. The molecule has 1 aromatic heterocycles. The van der Waals surface area contributed by atoms with Crippen molar-refractivity contribution in [3.8, 4) is 5.75 Å². The molecule has 2 rings (SSSR count). The number of halogens is 1. The van der Waals surface area contributed by atoms with E-state index in [-0.39, 0.29) is 21.5 Å². The van der Waals surface area contributed by atoms with Gasteiger partial charge in [-0.3, -0.25) is 4.72 Å². The van der Waals surface area contributed by atoms with E-state index in [1.807, 2.05) is 6.92 Å². The summed E-state index contributed by atoms with van der Waals surface area (Å²) in [4.78, 5) is 4.00. The van der Waals surface area contributed by atoms with Gasteiger partial charge in [0.05, 0.1) is 10.7 Å². The molecular weight excluding hydrogens is 302 g/mol. The molecule has 0 spiro atoms. The van der Waals surface area contributed by atoms with Crippen LogP contribution in [0.25, 0.3) is 0 Å². The maximum Gasteiger partial charge on any atom is 0.281 e. The minimum absolute atomic E-state index is 0.0150. The Kier molecular flexibility index (Phi) is 3.92. The van der Waals surface area contributed by atoms with Gasteiger partial charge in [0.25, 0.3) is 10.0 Å². The van der Waals surface area contributed by atoms with Crippen LogP contribution in [-0.2, 0) is 16.6 Å². The summed E-state index contributed by atoms with van der Waals surface area (Å²) >= 11 is 5.74. The molecule has 0 atom stereocenters. The summed E-state index contributed by atoms with van der Waals surface area (Å²) < 4.78 is 28.4. The lowest BCUT2D eigenvalue weighted by Gasteiger charge is -2.08. The van der Waals surface area contributed by atoms with E-state index in [4.69, 9.17) is 11.6 Å². The number of sulfonamides is 1. The molecule has 0 fully saturated rings. The summed E-state index contributed by atoms with van der Waals surface area (Å²) in [6, 6.07) is 4.42. The van der Waals surface area contributed by atoms with Gasteiger partial charge >= 0.3 is 0 Å². The molecule has 6 nitrogen and oxygen atoms in total. The molecular formula is C12H14ClN3O3S. The van der Waals surface area contributed by atoms with Crippen LogP contribution in [0.2, 0.25) is 5.02 Å². The number of nitrogens with zero attached hydrogens (tertiary/aromatic N) is 2. The molecule has 108 valence electrons. The second kappa shape index (κ2) is 5.34. The Hall–Kier alpha value is -1.73. The van der Waals surface area contributed by atoms with E-state index in [9.17, 15) is 13.5 Å². The summed E-state index contributed by atoms with van der Waals surface area (Å²) in [5.74, 6) is 0.285. The van der Waals surface area contributed by atoms with Crippen molar-refractivity contribution in [1.29, 1.82) is 0 Å². The Morgan fingerprint density at radius 3 is 2.75 bits per heavy atom. The smallest absolute Gasteiger partial charge is 0.281 e. The number of para-hydroxylation sites is 1. The highest BCUT2D eigenvalue weighted by atomic mass is 35.5. The summed E-state index contributed by atoms with van der Waals surface area (Å²) in [5, 5.41) is 9.70. The maximum atomic E-state index is 12.2. The average Bonchev–Trinajstić information content (AvgIpc) is 2.77. The Labute approximate surface area is 122 Å². The van der Waals surface area contributed by atoms with E-state index in [2.05, 4.69) is 9.71 Å². The number of aromatic hydroxyl groups is 1. The van der Waals surface area contributed by atoms with Crippen molar-refractivity contribution in [2.45, 2.75) is 25.4 Å². The maximum absolute atomic E-state index is 12.2. The third kappa shape index (κ3) is 2.73. The lowest BCUT2D eigenvalue weighted by Crippen LogP contribution is -2.13. The predicted molar refractivity (Wildman–Crippen MR) is 76.6 cm³/mol. The van der Waals surface area contributed by atoms with Gasteiger partial charge in [0.15, 0.2) is 10.8 Å². The van der Waals surface area contributed by atoms with E-state index in [1.165, 1.54) is 24.4 Å². The van der Waals surface area contributed by atoms with Crippen LogP contribution in [0.4, 0.5) is 5.69 Å². The van der Waals surface area contributed by atoms with Crippen molar-refractivity contribution < 1.29 is 13.5 Å². The summed E-state index contributed by atoms with van der Waals surface area (Å²) in [6.45, 7) is 4.23. The largest absolute Gasteiger partial charge is 0.504 e. The van der Waals surface area contributed by atoms with Crippen molar-refractivity contribution in [2.24, 2.45) is 0 Å². The molecule has 0 aliphatic heterocycles. The first-order valence-electron chi connectivity index (χ1n) is 5.89. The van der Waals surface area contributed by atoms with Crippen LogP contribution in [0.15, 0.2) is 29.4 Å². The lowest BCUT2D eigenvalue weighted by molar-refractivity contribution is 0.478. The van der Waals surface area contributed by atoms with E-state index >= 15 is 0 Å². The van der Waals surface area contributed by atoms with Gasteiger partial charge < -0.3 is 9.67 Å². The minimum Gasteiger partial charge on any atom is -0.504 e. The number of hydrogen-bond donors (Lipinski definition) is 2. The second-order valence-corrected chi connectivity index (χ2v) is 6.19. The fraction of sp³-hybridized carbons (Fsp3) is 0.250. The first-order chi connectivity index (χ1) is 9.35. The second-order valence-electron chi connectivity index (χ2n) is 4.15. The van der Waals surface area contributed by atoms with Gasteiger partial charge in [0, 0.05) is 12.7 Å². The molecule has 0 unspecified atom stereocenters. The molecule has 0 amide bonds. The fourth-order valence-electron chi connectivity index (χ4n) is 1.72. The Morgan fingerprint density at radius 2 is 2.15 bits per heavy atom. The van der Waals surface area contributed by atoms with Crippen LogP contribution in [0.3, 0.4) is 0 Å². The van der Waals surface area contributed by atoms with Crippen molar-refractivity contribution in [3.63, 3.8) is 0 Å². The topological polar surface area (TPSA) is 84.2 Å². The van der Waals surface area contributed by atoms with Gasteiger partial charge in [0.1, 0.15) is 5.82 Å². The van der Waals surface area contributed by atoms with Crippen molar-refractivity contribution in [3.05, 3.63) is 35.2 Å². The van der Waals surface area contributed by atoms with Crippen LogP contribution < -0.4 is 4.72 Å². The Morgan fingerprint density at radius 1 is 1.45 bits per heavy atom. The molecule has 0 saturated carbocycles. The fourth-order valence-corrected chi connectivity index (χ4v) is 2.98. The number of aromatic nitrogens is 2. The molecule has 0 radical (unpaired) electrons. The summed E-state index contributed by atoms with van der Waals surface area (Å²) in [6.07, 6.45) is 1.44. The number of phenols is 1. The Balaban J connectivity index is 2.38. The number of aryl methyl sites for hydroxylation is 2. The zero-order valence-corrected chi connectivity index (χ0v) is 12.5. The quantitative estimate of drug-likeness (QED) is 0.848. The highest BCUT2D eigenvalue weighted by Crippen LogP contribution is 2.32. The molecule has 0 aliphatic rings. The summed E-state index contributed by atoms with van der Waals surface area (Å²) in [5.41, 5.74) is 0.0150. The van der Waals surface area contributed by atoms with Crippen molar-refractivity contribution in [2.75, 3.05) is 4.72 Å². The van der Waals surface area contributed by atoms with Gasteiger partial charge in [-0.25, -0.2) is 4.98 Å². The van der Waals surface area contributed by atoms with Crippen LogP contribution in [-0.4, -0.2) is 23.1 Å². The van der Waals surface area contributed by atoms with Crippen molar-refractivity contribution >= 4 is 27.3 Å². The molecule has 20 heavy (non-hydrogen) atoms. The molecule has 0 bridgehead atoms. The highest BCUT2D eigenvalue weighted by Gasteiger charge is 2.20. The van der Waals surface area contributed by atoms with Gasteiger partial charge in [-0.1, -0.05) is 17.7 Å². The van der Waals surface area contributed by atoms with Crippen LogP contribution in [0, 0.1) is 6.92 Å². The van der Waals surface area contributed by atoms with Crippen LogP contribution in [0.5, 0.6) is 5.75 Å². The number of nitrogens with one attached hydrogen (secondary N) is 1. The van der Waals surface area contributed by atoms with E-state index in [0.29, 0.717) is 12.4 Å². The number of phenolic OH excluding ortho intramolecular Hbond substituents is 1. The predicted octanol–water partition coefficient (Wildman–Crippen LogP) is 2.37. The number of rotatable bonds is 4. The zero-order chi connectivity index (χ0) is 14.9. The molecule has 0 saturated heterocycles. The number of hydrogen-bond acceptors (Lipinski definition) is 4. The normalized spacial score (nSPS) is 11.6. The SMILES string of the molecule is CCn1cc(S(=O)(=O)Nc2cccc(Cl)c2O)nc1C. The first kappa shape index (κ1) is 14.7. The number of imidazole rings is 1. The third-order valence-electron chi connectivity index (χ3n) is 2.80. The highest BCUT2D eigenvalue weighted by molar-refractivity contribution is 7.92. The molecule has 2 N–H and O–H groups in total. The van der Waals surface area contributed by atoms with E-state index in [1.54, 1.807) is 11.5 Å². The molecule has 0 aliphatic carbocycles. The lowest BCUT2D eigenvalue weighted by atomic mass is 10.3. The van der Waals surface area contributed by atoms with E-state index < -0.39 is 10.0 Å². The third-order valence-corrected chi connectivity index (χ3v) is 4.34. The monoisotopic (exact) mass is 315 g/mol. The number of benzene rings is 1. The van der Waals surface area contributed by atoms with Crippen LogP contribution >= 0.6 is 11.6 Å². The molecule has 8 heteroatoms. The van der Waals surface area contributed by atoms with E-state index in [0.717, 1.165) is 0 Å².